The number of hydrogen-bond acceptors (Lipinski definition) is 7. The Balaban J connectivity index is 3.18. The largest absolute Gasteiger partial charge is 0.395 e. The highest BCUT2D eigenvalue weighted by Crippen LogP contribution is 2.27. The Labute approximate surface area is 104 Å². The van der Waals surface area contributed by atoms with Crippen molar-refractivity contribution in [2.24, 2.45) is 0 Å². The average molecular weight is 256 g/mol. The van der Waals surface area contributed by atoms with E-state index in [1.165, 1.54) is 17.0 Å². The minimum Gasteiger partial charge on any atom is -0.395 e. The summed E-state index contributed by atoms with van der Waals surface area (Å²) in [6.07, 6.45) is 0. The molecule has 8 heteroatoms. The first-order valence-corrected chi connectivity index (χ1v) is 5.44. The number of nitrogens with zero attached hydrogens (tertiary/aromatic N) is 3. The number of nitrogens with one attached hydrogen (secondary N) is 1. The standard InChI is InChI=1S/C10H16N4O4/c1-11-9-3-2-8(14(17)18)10(12-9)13(4-6-15)5-7-16/h2-3,15-16H,4-7H2,1H3,(H,11,12). The molecule has 3 N–H and O–H groups in total. The van der Waals surface area contributed by atoms with E-state index in [0.29, 0.717) is 5.82 Å². The highest BCUT2D eigenvalue weighted by atomic mass is 16.6. The number of aromatic nitrogens is 1. The maximum absolute atomic E-state index is 10.9. The molecule has 18 heavy (non-hydrogen) atoms. The van der Waals surface area contributed by atoms with Gasteiger partial charge in [0.15, 0.2) is 0 Å². The number of aliphatic hydroxyl groups is 2. The van der Waals surface area contributed by atoms with Crippen molar-refractivity contribution in [2.75, 3.05) is 43.6 Å². The molecule has 0 radical (unpaired) electrons. The first kappa shape index (κ1) is 14.1. The lowest BCUT2D eigenvalue weighted by atomic mass is 10.3. The zero-order valence-corrected chi connectivity index (χ0v) is 10.0. The molecule has 8 nitrogen and oxygen atoms in total. The Morgan fingerprint density at radius 1 is 1.39 bits per heavy atom. The van der Waals surface area contributed by atoms with Crippen LogP contribution in [0.4, 0.5) is 17.3 Å². The van der Waals surface area contributed by atoms with E-state index in [2.05, 4.69) is 10.3 Å². The van der Waals surface area contributed by atoms with Crippen molar-refractivity contribution in [1.82, 2.24) is 4.98 Å². The van der Waals surface area contributed by atoms with E-state index in [0.717, 1.165) is 0 Å². The predicted molar refractivity (Wildman–Crippen MR) is 66.8 cm³/mol. The van der Waals surface area contributed by atoms with Gasteiger partial charge in [-0.1, -0.05) is 0 Å². The van der Waals surface area contributed by atoms with Gasteiger partial charge in [0, 0.05) is 26.2 Å². The molecule has 0 saturated heterocycles. The Morgan fingerprint density at radius 2 is 2.00 bits per heavy atom. The molecule has 1 heterocycles. The smallest absolute Gasteiger partial charge is 0.311 e. The van der Waals surface area contributed by atoms with Crippen molar-refractivity contribution in [3.8, 4) is 0 Å². The number of nitro groups is 1. The van der Waals surface area contributed by atoms with Crippen LogP contribution in [0.5, 0.6) is 0 Å². The average Bonchev–Trinajstić information content (AvgIpc) is 2.37. The fraction of sp³-hybridized carbons (Fsp3) is 0.500. The van der Waals surface area contributed by atoms with Crippen molar-refractivity contribution in [3.05, 3.63) is 22.2 Å². The van der Waals surface area contributed by atoms with Crippen LogP contribution in [0.25, 0.3) is 0 Å². The van der Waals surface area contributed by atoms with Gasteiger partial charge in [-0.05, 0) is 6.07 Å². The molecule has 1 aromatic rings. The molecule has 1 rings (SSSR count). The lowest BCUT2D eigenvalue weighted by Crippen LogP contribution is -2.31. The van der Waals surface area contributed by atoms with Gasteiger partial charge in [-0.2, -0.15) is 0 Å². The van der Waals surface area contributed by atoms with E-state index in [-0.39, 0.29) is 37.8 Å². The molecule has 0 amide bonds. The molecule has 100 valence electrons. The molecule has 0 fully saturated rings. The van der Waals surface area contributed by atoms with Gasteiger partial charge < -0.3 is 20.4 Å². The van der Waals surface area contributed by atoms with Crippen molar-refractivity contribution >= 4 is 17.3 Å². The highest BCUT2D eigenvalue weighted by Gasteiger charge is 2.21. The molecule has 0 spiro atoms. The lowest BCUT2D eigenvalue weighted by molar-refractivity contribution is -0.384. The predicted octanol–water partition coefficient (Wildman–Crippen LogP) is -0.178. The monoisotopic (exact) mass is 256 g/mol. The van der Waals surface area contributed by atoms with Gasteiger partial charge in [0.25, 0.3) is 0 Å². The molecule has 0 saturated carbocycles. The Kier molecular flexibility index (Phi) is 5.28. The van der Waals surface area contributed by atoms with Crippen LogP contribution >= 0.6 is 0 Å². The number of aliphatic hydroxyl groups excluding tert-OH is 2. The van der Waals surface area contributed by atoms with Crippen molar-refractivity contribution in [3.63, 3.8) is 0 Å². The number of pyridine rings is 1. The third-order valence-electron chi connectivity index (χ3n) is 2.35. The van der Waals surface area contributed by atoms with Crippen LogP contribution < -0.4 is 10.2 Å². The third kappa shape index (κ3) is 3.28. The molecular formula is C10H16N4O4. The van der Waals surface area contributed by atoms with Gasteiger partial charge in [0.2, 0.25) is 5.82 Å². The number of hydrogen-bond donors (Lipinski definition) is 3. The van der Waals surface area contributed by atoms with Gasteiger partial charge in [-0.3, -0.25) is 10.1 Å². The highest BCUT2D eigenvalue weighted by molar-refractivity contribution is 5.61. The van der Waals surface area contributed by atoms with Gasteiger partial charge in [0.1, 0.15) is 5.82 Å². The van der Waals surface area contributed by atoms with Crippen LogP contribution in [0.3, 0.4) is 0 Å². The van der Waals surface area contributed by atoms with Crippen LogP contribution in [0.2, 0.25) is 0 Å². The first-order chi connectivity index (χ1) is 8.63. The first-order valence-electron chi connectivity index (χ1n) is 5.44. The van der Waals surface area contributed by atoms with E-state index in [1.54, 1.807) is 7.05 Å². The lowest BCUT2D eigenvalue weighted by Gasteiger charge is -2.21. The Hall–Kier alpha value is -1.93. The zero-order valence-electron chi connectivity index (χ0n) is 10.0. The quantitative estimate of drug-likeness (QED) is 0.458. The second kappa shape index (κ2) is 6.72. The third-order valence-corrected chi connectivity index (χ3v) is 2.35. The van der Waals surface area contributed by atoms with E-state index >= 15 is 0 Å². The Morgan fingerprint density at radius 3 is 2.44 bits per heavy atom. The molecule has 0 aliphatic heterocycles. The summed E-state index contributed by atoms with van der Waals surface area (Å²) < 4.78 is 0. The summed E-state index contributed by atoms with van der Waals surface area (Å²) in [7, 11) is 1.65. The summed E-state index contributed by atoms with van der Waals surface area (Å²) in [5, 5.41) is 31.6. The Bertz CT molecular complexity index is 407. The summed E-state index contributed by atoms with van der Waals surface area (Å²) in [6.45, 7) is -0.0195. The summed E-state index contributed by atoms with van der Waals surface area (Å²) in [4.78, 5) is 16.0. The fourth-order valence-electron chi connectivity index (χ4n) is 1.52. The molecule has 1 aromatic heterocycles. The van der Waals surface area contributed by atoms with E-state index in [4.69, 9.17) is 10.2 Å². The molecule has 0 aliphatic rings. The maximum atomic E-state index is 10.9. The number of rotatable bonds is 7. The topological polar surface area (TPSA) is 112 Å². The van der Waals surface area contributed by atoms with Gasteiger partial charge >= 0.3 is 5.69 Å². The zero-order chi connectivity index (χ0) is 13.5. The van der Waals surface area contributed by atoms with E-state index in [1.807, 2.05) is 0 Å². The molecule has 0 atom stereocenters. The summed E-state index contributed by atoms with van der Waals surface area (Å²) in [5.41, 5.74) is -0.157. The molecule has 0 unspecified atom stereocenters. The van der Waals surface area contributed by atoms with Crippen molar-refractivity contribution in [1.29, 1.82) is 0 Å². The minimum absolute atomic E-state index is 0.134. The molecular weight excluding hydrogens is 240 g/mol. The van der Waals surface area contributed by atoms with E-state index in [9.17, 15) is 10.1 Å². The summed E-state index contributed by atoms with van der Waals surface area (Å²) in [5.74, 6) is 0.617. The van der Waals surface area contributed by atoms with Gasteiger partial charge in [0.05, 0.1) is 18.1 Å². The molecule has 0 bridgehead atoms. The summed E-state index contributed by atoms with van der Waals surface area (Å²) >= 11 is 0. The summed E-state index contributed by atoms with van der Waals surface area (Å²) in [6, 6.07) is 2.84. The van der Waals surface area contributed by atoms with Crippen molar-refractivity contribution in [2.45, 2.75) is 0 Å². The van der Waals surface area contributed by atoms with Crippen LogP contribution in [-0.4, -0.2) is 53.5 Å². The number of anilines is 2. The van der Waals surface area contributed by atoms with Crippen LogP contribution in [0.1, 0.15) is 0 Å². The van der Waals surface area contributed by atoms with Crippen LogP contribution in [-0.2, 0) is 0 Å². The normalized spacial score (nSPS) is 10.2. The van der Waals surface area contributed by atoms with Gasteiger partial charge in [-0.25, -0.2) is 4.98 Å². The van der Waals surface area contributed by atoms with Gasteiger partial charge in [-0.15, -0.1) is 0 Å². The van der Waals surface area contributed by atoms with Crippen LogP contribution in [0, 0.1) is 10.1 Å². The molecule has 0 aliphatic carbocycles. The minimum atomic E-state index is -0.538. The van der Waals surface area contributed by atoms with Crippen molar-refractivity contribution < 1.29 is 15.1 Å². The fourth-order valence-corrected chi connectivity index (χ4v) is 1.52. The van der Waals surface area contributed by atoms with E-state index < -0.39 is 4.92 Å². The van der Waals surface area contributed by atoms with Crippen LogP contribution in [0.15, 0.2) is 12.1 Å². The second-order valence-electron chi connectivity index (χ2n) is 3.48. The maximum Gasteiger partial charge on any atom is 0.311 e. The molecule has 0 aromatic carbocycles. The second-order valence-corrected chi connectivity index (χ2v) is 3.48. The SMILES string of the molecule is CNc1ccc([N+](=O)[O-])c(N(CCO)CCO)n1.